The van der Waals surface area contributed by atoms with E-state index in [-0.39, 0.29) is 0 Å². The van der Waals surface area contributed by atoms with Gasteiger partial charge >= 0.3 is 0 Å². The quantitative estimate of drug-likeness (QED) is 0.843. The van der Waals surface area contributed by atoms with E-state index in [1.165, 1.54) is 24.4 Å². The van der Waals surface area contributed by atoms with Crippen LogP contribution < -0.4 is 5.32 Å². The van der Waals surface area contributed by atoms with Gasteiger partial charge in [-0.15, -0.1) is 11.3 Å². The number of hydrogen-bond acceptors (Lipinski definition) is 3. The van der Waals surface area contributed by atoms with Crippen molar-refractivity contribution >= 4 is 11.3 Å². The Morgan fingerprint density at radius 2 is 2.47 bits per heavy atom. The largest absolute Gasteiger partial charge is 0.312 e. The minimum atomic E-state index is 0.690. The third kappa shape index (κ3) is 3.03. The van der Waals surface area contributed by atoms with Gasteiger partial charge in [-0.3, -0.25) is 4.90 Å². The Morgan fingerprint density at radius 1 is 1.60 bits per heavy atom. The van der Waals surface area contributed by atoms with Crippen LogP contribution in [0.3, 0.4) is 0 Å². The van der Waals surface area contributed by atoms with Crippen LogP contribution in [0.25, 0.3) is 0 Å². The van der Waals surface area contributed by atoms with Crippen LogP contribution in [-0.4, -0.2) is 31.1 Å². The fourth-order valence-electron chi connectivity index (χ4n) is 2.21. The Balaban J connectivity index is 1.79. The number of rotatable bonds is 4. The fraction of sp³-hybridized carbons (Fsp3) is 0.667. The lowest BCUT2D eigenvalue weighted by molar-refractivity contribution is 0.273. The number of likely N-dealkylation sites (N-methyl/N-ethyl adjacent to an activating group) is 1. The topological polar surface area (TPSA) is 15.3 Å². The molecule has 2 unspecified atom stereocenters. The molecule has 3 heteroatoms. The monoisotopic (exact) mass is 224 g/mol. The van der Waals surface area contributed by atoms with Crippen molar-refractivity contribution in [1.82, 2.24) is 10.2 Å². The van der Waals surface area contributed by atoms with Crippen LogP contribution in [0.5, 0.6) is 0 Å². The van der Waals surface area contributed by atoms with Gasteiger partial charge in [0.15, 0.2) is 0 Å². The van der Waals surface area contributed by atoms with E-state index in [1.54, 1.807) is 0 Å². The molecule has 1 aromatic heterocycles. The van der Waals surface area contributed by atoms with Crippen LogP contribution >= 0.6 is 11.3 Å². The van der Waals surface area contributed by atoms with E-state index in [0.29, 0.717) is 6.04 Å². The lowest BCUT2D eigenvalue weighted by Crippen LogP contribution is -2.37. The molecule has 1 N–H and O–H groups in total. The summed E-state index contributed by atoms with van der Waals surface area (Å²) in [4.78, 5) is 3.88. The SMILES string of the molecule is CC1CCNC1CN(C)Cc1cccs1. The standard InChI is InChI=1S/C12H20N2S/c1-10-5-6-13-12(10)9-14(2)8-11-4-3-7-15-11/h3-4,7,10,12-13H,5-6,8-9H2,1-2H3. The second kappa shape index (κ2) is 5.10. The summed E-state index contributed by atoms with van der Waals surface area (Å²) >= 11 is 1.85. The zero-order valence-electron chi connectivity index (χ0n) is 9.57. The summed E-state index contributed by atoms with van der Waals surface area (Å²) in [6, 6.07) is 5.03. The van der Waals surface area contributed by atoms with E-state index in [9.17, 15) is 0 Å². The van der Waals surface area contributed by atoms with Crippen molar-refractivity contribution in [3.05, 3.63) is 22.4 Å². The molecule has 0 radical (unpaired) electrons. The molecule has 84 valence electrons. The highest BCUT2D eigenvalue weighted by Crippen LogP contribution is 2.17. The highest BCUT2D eigenvalue weighted by atomic mass is 32.1. The van der Waals surface area contributed by atoms with Gasteiger partial charge in [0.25, 0.3) is 0 Å². The van der Waals surface area contributed by atoms with E-state index in [4.69, 9.17) is 0 Å². The summed E-state index contributed by atoms with van der Waals surface area (Å²) in [6.45, 7) is 5.80. The fourth-order valence-corrected chi connectivity index (χ4v) is 3.00. The van der Waals surface area contributed by atoms with Crippen LogP contribution in [0.2, 0.25) is 0 Å². The van der Waals surface area contributed by atoms with E-state index < -0.39 is 0 Å². The van der Waals surface area contributed by atoms with Gasteiger partial charge in [0.2, 0.25) is 0 Å². The van der Waals surface area contributed by atoms with Crippen LogP contribution in [0.4, 0.5) is 0 Å². The zero-order valence-corrected chi connectivity index (χ0v) is 10.4. The predicted octanol–water partition coefficient (Wildman–Crippen LogP) is 2.18. The van der Waals surface area contributed by atoms with Crippen molar-refractivity contribution in [2.75, 3.05) is 20.1 Å². The smallest absolute Gasteiger partial charge is 0.0325 e. The van der Waals surface area contributed by atoms with E-state index >= 15 is 0 Å². The molecule has 0 spiro atoms. The van der Waals surface area contributed by atoms with E-state index in [2.05, 4.69) is 41.7 Å². The summed E-state index contributed by atoms with van der Waals surface area (Å²) in [6.07, 6.45) is 1.33. The number of thiophene rings is 1. The minimum Gasteiger partial charge on any atom is -0.312 e. The first-order chi connectivity index (χ1) is 7.25. The Labute approximate surface area is 96.3 Å². The summed E-state index contributed by atoms with van der Waals surface area (Å²) in [5, 5.41) is 5.73. The van der Waals surface area contributed by atoms with Crippen LogP contribution in [-0.2, 0) is 6.54 Å². The first-order valence-corrected chi connectivity index (χ1v) is 6.58. The summed E-state index contributed by atoms with van der Waals surface area (Å²) in [5.41, 5.74) is 0. The molecule has 0 aliphatic carbocycles. The zero-order chi connectivity index (χ0) is 10.7. The van der Waals surface area contributed by atoms with E-state index in [0.717, 1.165) is 12.5 Å². The van der Waals surface area contributed by atoms with Crippen molar-refractivity contribution < 1.29 is 0 Å². The van der Waals surface area contributed by atoms with Gasteiger partial charge < -0.3 is 5.32 Å². The maximum absolute atomic E-state index is 3.58. The molecule has 15 heavy (non-hydrogen) atoms. The van der Waals surface area contributed by atoms with Gasteiger partial charge in [-0.05, 0) is 37.4 Å². The second-order valence-electron chi connectivity index (χ2n) is 4.60. The summed E-state index contributed by atoms with van der Waals surface area (Å²) in [5.74, 6) is 0.829. The lowest BCUT2D eigenvalue weighted by atomic mass is 10.0. The molecule has 0 amide bonds. The normalized spacial score (nSPS) is 26.3. The van der Waals surface area contributed by atoms with Crippen molar-refractivity contribution in [3.8, 4) is 0 Å². The molecule has 1 aliphatic rings. The van der Waals surface area contributed by atoms with Crippen molar-refractivity contribution in [2.24, 2.45) is 5.92 Å². The third-order valence-corrected chi connectivity index (χ3v) is 4.07. The van der Waals surface area contributed by atoms with Gasteiger partial charge in [0.1, 0.15) is 0 Å². The molecule has 2 atom stereocenters. The Hall–Kier alpha value is -0.380. The van der Waals surface area contributed by atoms with Gasteiger partial charge in [0, 0.05) is 24.0 Å². The molecule has 1 aliphatic heterocycles. The van der Waals surface area contributed by atoms with E-state index in [1.807, 2.05) is 11.3 Å². The van der Waals surface area contributed by atoms with Crippen LogP contribution in [0.15, 0.2) is 17.5 Å². The van der Waals surface area contributed by atoms with Gasteiger partial charge in [-0.2, -0.15) is 0 Å². The average molecular weight is 224 g/mol. The highest BCUT2D eigenvalue weighted by molar-refractivity contribution is 7.09. The number of hydrogen-bond donors (Lipinski definition) is 1. The average Bonchev–Trinajstić information content (AvgIpc) is 2.79. The summed E-state index contributed by atoms with van der Waals surface area (Å²) < 4.78 is 0. The molecule has 0 bridgehead atoms. The molecule has 1 fully saturated rings. The molecule has 1 saturated heterocycles. The molecule has 0 aromatic carbocycles. The predicted molar refractivity (Wildman–Crippen MR) is 66.2 cm³/mol. The molecule has 2 heterocycles. The summed E-state index contributed by atoms with van der Waals surface area (Å²) in [7, 11) is 2.21. The number of nitrogens with zero attached hydrogens (tertiary/aromatic N) is 1. The van der Waals surface area contributed by atoms with Gasteiger partial charge in [-0.1, -0.05) is 13.0 Å². The van der Waals surface area contributed by atoms with Crippen molar-refractivity contribution in [3.63, 3.8) is 0 Å². The minimum absolute atomic E-state index is 0.690. The van der Waals surface area contributed by atoms with Crippen molar-refractivity contribution in [2.45, 2.75) is 25.9 Å². The van der Waals surface area contributed by atoms with Crippen LogP contribution in [0, 0.1) is 5.92 Å². The number of nitrogens with one attached hydrogen (secondary N) is 1. The van der Waals surface area contributed by atoms with Gasteiger partial charge in [-0.25, -0.2) is 0 Å². The van der Waals surface area contributed by atoms with Gasteiger partial charge in [0.05, 0.1) is 0 Å². The first kappa shape index (κ1) is 11.1. The Bertz CT molecular complexity index is 284. The molecule has 2 nitrogen and oxygen atoms in total. The maximum atomic E-state index is 3.58. The molecular weight excluding hydrogens is 204 g/mol. The second-order valence-corrected chi connectivity index (χ2v) is 5.63. The Kier molecular flexibility index (Phi) is 3.78. The van der Waals surface area contributed by atoms with Crippen LogP contribution in [0.1, 0.15) is 18.2 Å². The Morgan fingerprint density at radius 3 is 3.07 bits per heavy atom. The molecule has 0 saturated carbocycles. The lowest BCUT2D eigenvalue weighted by Gasteiger charge is -2.23. The highest BCUT2D eigenvalue weighted by Gasteiger charge is 2.23. The maximum Gasteiger partial charge on any atom is 0.0325 e. The molecular formula is C12H20N2S. The molecule has 2 rings (SSSR count). The first-order valence-electron chi connectivity index (χ1n) is 5.70. The third-order valence-electron chi connectivity index (χ3n) is 3.21. The molecule has 1 aromatic rings. The van der Waals surface area contributed by atoms with Crippen molar-refractivity contribution in [1.29, 1.82) is 0 Å².